The maximum atomic E-state index is 11.0. The largest absolute Gasteiger partial charge is 0.481 e. The van der Waals surface area contributed by atoms with Crippen molar-refractivity contribution in [2.75, 3.05) is 20.4 Å². The number of hydrogen-bond acceptors (Lipinski definition) is 4. The lowest BCUT2D eigenvalue weighted by Gasteiger charge is -2.20. The van der Waals surface area contributed by atoms with Gasteiger partial charge in [0.15, 0.2) is 11.5 Å². The van der Waals surface area contributed by atoms with Crippen LogP contribution >= 0.6 is 0 Å². The van der Waals surface area contributed by atoms with Crippen molar-refractivity contribution < 1.29 is 19.4 Å². The van der Waals surface area contributed by atoms with Crippen LogP contribution in [0.15, 0.2) is 18.2 Å². The van der Waals surface area contributed by atoms with Gasteiger partial charge in [0.05, 0.1) is 5.92 Å². The van der Waals surface area contributed by atoms with E-state index in [1.165, 1.54) is 0 Å². The second-order valence-electron chi connectivity index (χ2n) is 4.83. The summed E-state index contributed by atoms with van der Waals surface area (Å²) in [5, 5.41) is 9.05. The first kappa shape index (κ1) is 13.7. The average Bonchev–Trinajstić information content (AvgIpc) is 2.82. The predicted octanol–water partition coefficient (Wildman–Crippen LogP) is 1.96. The first-order chi connectivity index (χ1) is 9.10. The number of ether oxygens (including phenoxy) is 2. The van der Waals surface area contributed by atoms with E-state index in [0.717, 1.165) is 17.1 Å². The van der Waals surface area contributed by atoms with E-state index >= 15 is 0 Å². The fourth-order valence-electron chi connectivity index (χ4n) is 2.17. The maximum absolute atomic E-state index is 11.0. The average molecular weight is 265 g/mol. The highest BCUT2D eigenvalue weighted by Crippen LogP contribution is 2.32. The molecular formula is C14H19NO4. The molecule has 0 spiro atoms. The van der Waals surface area contributed by atoms with Crippen LogP contribution in [0.5, 0.6) is 11.5 Å². The van der Waals surface area contributed by atoms with Crippen molar-refractivity contribution in [1.29, 1.82) is 0 Å². The van der Waals surface area contributed by atoms with Crippen LogP contribution in [0.4, 0.5) is 0 Å². The Morgan fingerprint density at radius 3 is 2.84 bits per heavy atom. The molecule has 19 heavy (non-hydrogen) atoms. The normalized spacial score (nSPS) is 14.7. The Labute approximate surface area is 112 Å². The first-order valence-corrected chi connectivity index (χ1v) is 6.40. The second kappa shape index (κ2) is 5.93. The minimum absolute atomic E-state index is 0.269. The van der Waals surface area contributed by atoms with Crippen molar-refractivity contribution in [3.05, 3.63) is 23.8 Å². The van der Waals surface area contributed by atoms with E-state index in [1.54, 1.807) is 0 Å². The summed E-state index contributed by atoms with van der Waals surface area (Å²) >= 11 is 0. The molecule has 0 bridgehead atoms. The van der Waals surface area contributed by atoms with Gasteiger partial charge in [-0.05, 0) is 31.2 Å². The van der Waals surface area contributed by atoms with Crippen molar-refractivity contribution in [1.82, 2.24) is 4.90 Å². The summed E-state index contributed by atoms with van der Waals surface area (Å²) in [6.45, 7) is 3.40. The molecular weight excluding hydrogens is 246 g/mol. The Morgan fingerprint density at radius 1 is 1.42 bits per heavy atom. The van der Waals surface area contributed by atoms with E-state index in [2.05, 4.69) is 0 Å². The quantitative estimate of drug-likeness (QED) is 0.852. The van der Waals surface area contributed by atoms with Crippen LogP contribution in [0.2, 0.25) is 0 Å². The highest BCUT2D eigenvalue weighted by Gasteiger charge is 2.18. The van der Waals surface area contributed by atoms with Crippen molar-refractivity contribution in [3.63, 3.8) is 0 Å². The molecule has 2 rings (SSSR count). The van der Waals surface area contributed by atoms with Crippen LogP contribution < -0.4 is 9.47 Å². The molecule has 5 heteroatoms. The monoisotopic (exact) mass is 265 g/mol. The Kier molecular flexibility index (Phi) is 4.27. The molecule has 1 heterocycles. The molecule has 0 amide bonds. The van der Waals surface area contributed by atoms with Crippen LogP contribution in [0, 0.1) is 5.92 Å². The zero-order valence-corrected chi connectivity index (χ0v) is 11.3. The van der Waals surface area contributed by atoms with Crippen molar-refractivity contribution in [2.45, 2.75) is 19.9 Å². The Hall–Kier alpha value is -1.75. The molecule has 0 saturated heterocycles. The molecule has 0 aromatic heterocycles. The molecule has 0 fully saturated rings. The lowest BCUT2D eigenvalue weighted by molar-refractivity contribution is -0.142. The summed E-state index contributed by atoms with van der Waals surface area (Å²) in [4.78, 5) is 13.0. The van der Waals surface area contributed by atoms with Gasteiger partial charge < -0.3 is 19.5 Å². The number of hydrogen-bond donors (Lipinski definition) is 1. The van der Waals surface area contributed by atoms with E-state index in [-0.39, 0.29) is 12.7 Å². The van der Waals surface area contributed by atoms with Gasteiger partial charge in [0.1, 0.15) is 0 Å². The van der Waals surface area contributed by atoms with Crippen molar-refractivity contribution in [3.8, 4) is 11.5 Å². The van der Waals surface area contributed by atoms with E-state index in [9.17, 15) is 4.79 Å². The lowest BCUT2D eigenvalue weighted by Crippen LogP contribution is -2.29. The fourth-order valence-corrected chi connectivity index (χ4v) is 2.17. The Balaban J connectivity index is 1.95. The van der Waals surface area contributed by atoms with E-state index in [1.807, 2.05) is 37.1 Å². The van der Waals surface area contributed by atoms with Gasteiger partial charge in [0.25, 0.3) is 0 Å². The van der Waals surface area contributed by atoms with Crippen LogP contribution in [-0.2, 0) is 11.3 Å². The molecule has 1 aliphatic heterocycles. The summed E-state index contributed by atoms with van der Waals surface area (Å²) in [7, 11) is 1.93. The van der Waals surface area contributed by atoms with E-state index in [0.29, 0.717) is 19.5 Å². The molecule has 1 aliphatic rings. The van der Waals surface area contributed by atoms with Gasteiger partial charge >= 0.3 is 5.97 Å². The van der Waals surface area contributed by atoms with Gasteiger partial charge in [-0.2, -0.15) is 0 Å². The topological polar surface area (TPSA) is 59.0 Å². The van der Waals surface area contributed by atoms with Crippen LogP contribution in [0.3, 0.4) is 0 Å². The third-order valence-electron chi connectivity index (χ3n) is 3.26. The van der Waals surface area contributed by atoms with Gasteiger partial charge in [-0.15, -0.1) is 0 Å². The number of rotatable bonds is 6. The molecule has 1 unspecified atom stereocenters. The summed E-state index contributed by atoms with van der Waals surface area (Å²) in [5.41, 5.74) is 1.09. The van der Waals surface area contributed by atoms with E-state index < -0.39 is 5.97 Å². The summed E-state index contributed by atoms with van der Waals surface area (Å²) < 4.78 is 10.6. The third-order valence-corrected chi connectivity index (χ3v) is 3.26. The minimum atomic E-state index is -0.736. The number of carboxylic acid groups (broad SMARTS) is 1. The van der Waals surface area contributed by atoms with Gasteiger partial charge in [0.2, 0.25) is 6.79 Å². The molecule has 0 saturated carbocycles. The molecule has 1 atom stereocenters. The fraction of sp³-hybridized carbons (Fsp3) is 0.500. The minimum Gasteiger partial charge on any atom is -0.481 e. The highest BCUT2D eigenvalue weighted by atomic mass is 16.7. The van der Waals surface area contributed by atoms with Gasteiger partial charge in [0, 0.05) is 13.1 Å². The second-order valence-corrected chi connectivity index (χ2v) is 4.83. The summed E-state index contributed by atoms with van der Waals surface area (Å²) in [6, 6.07) is 5.81. The Morgan fingerprint density at radius 2 is 2.16 bits per heavy atom. The standard InChI is InChI=1S/C14H19NO4/c1-3-11(14(16)17)8-15(2)7-10-4-5-12-13(6-10)19-9-18-12/h4-6,11H,3,7-9H2,1-2H3,(H,16,17). The van der Waals surface area contributed by atoms with Crippen molar-refractivity contribution in [2.24, 2.45) is 5.92 Å². The van der Waals surface area contributed by atoms with Gasteiger partial charge in [-0.3, -0.25) is 4.79 Å². The molecule has 0 radical (unpaired) electrons. The molecule has 0 aliphatic carbocycles. The maximum Gasteiger partial charge on any atom is 0.307 e. The lowest BCUT2D eigenvalue weighted by atomic mass is 10.1. The van der Waals surface area contributed by atoms with Crippen LogP contribution in [0.1, 0.15) is 18.9 Å². The number of nitrogens with zero attached hydrogens (tertiary/aromatic N) is 1. The third kappa shape index (κ3) is 3.38. The predicted molar refractivity (Wildman–Crippen MR) is 70.3 cm³/mol. The number of aliphatic carboxylic acids is 1. The zero-order chi connectivity index (χ0) is 13.8. The molecule has 1 N–H and O–H groups in total. The SMILES string of the molecule is CCC(CN(C)Cc1ccc2c(c1)OCO2)C(=O)O. The van der Waals surface area contributed by atoms with Gasteiger partial charge in [-0.1, -0.05) is 13.0 Å². The number of benzene rings is 1. The van der Waals surface area contributed by atoms with Gasteiger partial charge in [-0.25, -0.2) is 0 Å². The number of carbonyl (C=O) groups is 1. The van der Waals surface area contributed by atoms with E-state index in [4.69, 9.17) is 14.6 Å². The number of carboxylic acids is 1. The summed E-state index contributed by atoms with van der Waals surface area (Å²) in [5.74, 6) is 0.471. The van der Waals surface area contributed by atoms with Crippen LogP contribution in [-0.4, -0.2) is 36.4 Å². The molecule has 1 aromatic carbocycles. The van der Waals surface area contributed by atoms with Crippen molar-refractivity contribution >= 4 is 5.97 Å². The molecule has 5 nitrogen and oxygen atoms in total. The smallest absolute Gasteiger partial charge is 0.307 e. The first-order valence-electron chi connectivity index (χ1n) is 6.40. The molecule has 1 aromatic rings. The summed E-state index contributed by atoms with van der Waals surface area (Å²) in [6.07, 6.45) is 0.640. The Bertz CT molecular complexity index is 461. The van der Waals surface area contributed by atoms with Crippen LogP contribution in [0.25, 0.3) is 0 Å². The number of fused-ring (bicyclic) bond motifs is 1. The molecule has 104 valence electrons. The highest BCUT2D eigenvalue weighted by molar-refractivity contribution is 5.70. The zero-order valence-electron chi connectivity index (χ0n) is 11.3.